The van der Waals surface area contributed by atoms with Crippen LogP contribution in [0.15, 0.2) is 60.8 Å². The normalized spacial score (nSPS) is 12.8. The Morgan fingerprint density at radius 2 is 1.75 bits per heavy atom. The Morgan fingerprint density at radius 1 is 1.00 bits per heavy atom. The van der Waals surface area contributed by atoms with Crippen LogP contribution in [0.5, 0.6) is 5.75 Å². The van der Waals surface area contributed by atoms with Crippen LogP contribution in [0.25, 0.3) is 22.5 Å². The molecule has 0 amide bonds. The fourth-order valence-electron chi connectivity index (χ4n) is 3.95. The first-order chi connectivity index (χ1) is 15.4. The molecule has 0 spiro atoms. The van der Waals surface area contributed by atoms with E-state index in [1.165, 1.54) is 18.2 Å². The molecule has 2 aromatic carbocycles. The standard InChI is InChI=1S/C23H18F3N5O/c1-31-21(14-7-3-2-4-8-14)19-17(30-31)12-11-15-13-27-22(29-20(15)19)28-16-9-5-6-10-18(16)32-23(24,25)26/h2-10,13H,11-12H2,1H3,(H,27,28,29). The molecule has 0 unspecified atom stereocenters. The lowest BCUT2D eigenvalue weighted by molar-refractivity contribution is -0.274. The second kappa shape index (κ2) is 7.67. The van der Waals surface area contributed by atoms with Gasteiger partial charge in [0.1, 0.15) is 0 Å². The maximum atomic E-state index is 12.8. The van der Waals surface area contributed by atoms with Gasteiger partial charge in [0.15, 0.2) is 5.75 Å². The number of halogens is 3. The number of hydrogen-bond acceptors (Lipinski definition) is 5. The summed E-state index contributed by atoms with van der Waals surface area (Å²) in [5, 5.41) is 7.55. The lowest BCUT2D eigenvalue weighted by Gasteiger charge is -2.18. The highest BCUT2D eigenvalue weighted by molar-refractivity contribution is 5.84. The lowest BCUT2D eigenvalue weighted by Crippen LogP contribution is -2.18. The van der Waals surface area contributed by atoms with Crippen molar-refractivity contribution in [3.8, 4) is 28.3 Å². The highest BCUT2D eigenvalue weighted by atomic mass is 19.4. The summed E-state index contributed by atoms with van der Waals surface area (Å²) in [6.07, 6.45) is -1.59. The van der Waals surface area contributed by atoms with Gasteiger partial charge in [-0.15, -0.1) is 13.2 Å². The number of aromatic nitrogens is 4. The van der Waals surface area contributed by atoms with Crippen molar-refractivity contribution in [3.63, 3.8) is 0 Å². The van der Waals surface area contributed by atoms with E-state index in [2.05, 4.69) is 25.1 Å². The Balaban J connectivity index is 1.57. The van der Waals surface area contributed by atoms with Gasteiger partial charge in [-0.25, -0.2) is 9.97 Å². The number of anilines is 2. The molecule has 0 saturated carbocycles. The molecule has 2 heterocycles. The minimum absolute atomic E-state index is 0.121. The van der Waals surface area contributed by atoms with E-state index in [0.29, 0.717) is 0 Å². The molecule has 9 heteroatoms. The van der Waals surface area contributed by atoms with Crippen LogP contribution >= 0.6 is 0 Å². The van der Waals surface area contributed by atoms with Crippen molar-refractivity contribution in [3.05, 3.63) is 72.1 Å². The first-order valence-corrected chi connectivity index (χ1v) is 9.98. The molecule has 4 aromatic rings. The second-order valence-electron chi connectivity index (χ2n) is 7.40. The summed E-state index contributed by atoms with van der Waals surface area (Å²) in [4.78, 5) is 9.00. The van der Waals surface area contributed by atoms with Gasteiger partial charge in [0.25, 0.3) is 0 Å². The predicted octanol–water partition coefficient (Wildman–Crippen LogP) is 5.28. The zero-order valence-corrected chi connectivity index (χ0v) is 17.0. The number of aryl methyl sites for hydroxylation is 3. The number of hydrogen-bond donors (Lipinski definition) is 1. The van der Waals surface area contributed by atoms with Crippen molar-refractivity contribution in [2.75, 3.05) is 5.32 Å². The van der Waals surface area contributed by atoms with E-state index < -0.39 is 6.36 Å². The Kier molecular flexibility index (Phi) is 4.80. The minimum Gasteiger partial charge on any atom is -0.404 e. The zero-order chi connectivity index (χ0) is 22.3. The van der Waals surface area contributed by atoms with Crippen LogP contribution in [0.1, 0.15) is 11.3 Å². The van der Waals surface area contributed by atoms with Crippen LogP contribution in [0.2, 0.25) is 0 Å². The van der Waals surface area contributed by atoms with Crippen molar-refractivity contribution in [2.45, 2.75) is 19.2 Å². The average molecular weight is 437 g/mol. The molecule has 0 aliphatic heterocycles. The van der Waals surface area contributed by atoms with Gasteiger partial charge in [-0.2, -0.15) is 5.10 Å². The van der Waals surface area contributed by atoms with Gasteiger partial charge in [-0.1, -0.05) is 42.5 Å². The SMILES string of the molecule is Cn1nc2c(c1-c1ccccc1)-c1nc(Nc3ccccc3OC(F)(F)F)ncc1CC2. The summed E-state index contributed by atoms with van der Waals surface area (Å²) in [7, 11) is 1.89. The van der Waals surface area contributed by atoms with Crippen molar-refractivity contribution in [1.29, 1.82) is 0 Å². The van der Waals surface area contributed by atoms with Crippen molar-refractivity contribution in [2.24, 2.45) is 7.05 Å². The number of rotatable bonds is 4. The van der Waals surface area contributed by atoms with E-state index in [1.54, 1.807) is 12.3 Å². The van der Waals surface area contributed by atoms with Gasteiger partial charge < -0.3 is 10.1 Å². The Labute approximate surface area is 181 Å². The molecule has 2 aromatic heterocycles. The summed E-state index contributed by atoms with van der Waals surface area (Å²) in [6, 6.07) is 15.7. The molecular formula is C23H18F3N5O. The van der Waals surface area contributed by atoms with E-state index in [0.717, 1.165) is 46.6 Å². The number of fused-ring (bicyclic) bond motifs is 3. The number of para-hydroxylation sites is 2. The highest BCUT2D eigenvalue weighted by Gasteiger charge is 2.32. The summed E-state index contributed by atoms with van der Waals surface area (Å²) in [6.45, 7) is 0. The molecule has 0 bridgehead atoms. The monoisotopic (exact) mass is 437 g/mol. The fourth-order valence-corrected chi connectivity index (χ4v) is 3.95. The summed E-state index contributed by atoms with van der Waals surface area (Å²) >= 11 is 0. The first kappa shape index (κ1) is 20.0. The third-order valence-electron chi connectivity index (χ3n) is 5.26. The molecule has 0 fully saturated rings. The molecule has 0 radical (unpaired) electrons. The second-order valence-corrected chi connectivity index (χ2v) is 7.40. The summed E-state index contributed by atoms with van der Waals surface area (Å²) in [5.74, 6) is -0.175. The number of ether oxygens (including phenoxy) is 1. The molecule has 1 aliphatic carbocycles. The molecule has 1 aliphatic rings. The Morgan fingerprint density at radius 3 is 2.53 bits per heavy atom. The van der Waals surface area contributed by atoms with Crippen LogP contribution in [0.4, 0.5) is 24.8 Å². The maximum Gasteiger partial charge on any atom is 0.573 e. The lowest BCUT2D eigenvalue weighted by atomic mass is 9.91. The average Bonchev–Trinajstić information content (AvgIpc) is 3.11. The zero-order valence-electron chi connectivity index (χ0n) is 17.0. The van der Waals surface area contributed by atoms with Gasteiger partial charge in [0.2, 0.25) is 5.95 Å². The van der Waals surface area contributed by atoms with Gasteiger partial charge in [0.05, 0.1) is 22.8 Å². The van der Waals surface area contributed by atoms with Crippen LogP contribution in [-0.4, -0.2) is 26.1 Å². The van der Waals surface area contributed by atoms with Crippen molar-refractivity contribution >= 4 is 11.6 Å². The number of benzene rings is 2. The quantitative estimate of drug-likeness (QED) is 0.470. The Bertz CT molecular complexity index is 1280. The van der Waals surface area contributed by atoms with Crippen LogP contribution in [0.3, 0.4) is 0 Å². The largest absolute Gasteiger partial charge is 0.573 e. The van der Waals surface area contributed by atoms with E-state index in [1.807, 2.05) is 42.1 Å². The summed E-state index contributed by atoms with van der Waals surface area (Å²) in [5.41, 5.74) is 5.61. The molecule has 162 valence electrons. The molecule has 32 heavy (non-hydrogen) atoms. The van der Waals surface area contributed by atoms with Gasteiger partial charge >= 0.3 is 6.36 Å². The van der Waals surface area contributed by atoms with Gasteiger partial charge in [0, 0.05) is 24.4 Å². The van der Waals surface area contributed by atoms with Crippen molar-refractivity contribution in [1.82, 2.24) is 19.7 Å². The minimum atomic E-state index is -4.80. The molecule has 5 rings (SSSR count). The van der Waals surface area contributed by atoms with Crippen LogP contribution in [-0.2, 0) is 19.9 Å². The smallest absolute Gasteiger partial charge is 0.404 e. The van der Waals surface area contributed by atoms with Gasteiger partial charge in [-0.05, 0) is 30.5 Å². The van der Waals surface area contributed by atoms with E-state index in [-0.39, 0.29) is 17.4 Å². The van der Waals surface area contributed by atoms with Gasteiger partial charge in [-0.3, -0.25) is 4.68 Å². The molecule has 6 nitrogen and oxygen atoms in total. The molecule has 1 N–H and O–H groups in total. The van der Waals surface area contributed by atoms with Crippen molar-refractivity contribution < 1.29 is 17.9 Å². The topological polar surface area (TPSA) is 64.9 Å². The third-order valence-corrected chi connectivity index (χ3v) is 5.26. The van der Waals surface area contributed by atoms with Crippen LogP contribution in [0, 0.1) is 0 Å². The molecule has 0 saturated heterocycles. The number of nitrogens with one attached hydrogen (secondary N) is 1. The number of nitrogens with zero attached hydrogens (tertiary/aromatic N) is 4. The fraction of sp³-hybridized carbons (Fsp3) is 0.174. The van der Waals surface area contributed by atoms with E-state index in [9.17, 15) is 13.2 Å². The Hall–Kier alpha value is -3.88. The van der Waals surface area contributed by atoms with Crippen LogP contribution < -0.4 is 10.1 Å². The molecular weight excluding hydrogens is 419 g/mol. The third kappa shape index (κ3) is 3.77. The highest BCUT2D eigenvalue weighted by Crippen LogP contribution is 2.40. The number of alkyl halides is 3. The maximum absolute atomic E-state index is 12.8. The predicted molar refractivity (Wildman–Crippen MR) is 113 cm³/mol. The first-order valence-electron chi connectivity index (χ1n) is 9.98. The van der Waals surface area contributed by atoms with E-state index >= 15 is 0 Å². The van der Waals surface area contributed by atoms with E-state index in [4.69, 9.17) is 0 Å². The summed E-state index contributed by atoms with van der Waals surface area (Å²) < 4.78 is 44.3. The molecule has 0 atom stereocenters.